The first-order valence-electron chi connectivity index (χ1n) is 7.12. The van der Waals surface area contributed by atoms with Crippen LogP contribution in [-0.4, -0.2) is 33.7 Å². The van der Waals surface area contributed by atoms with Crippen LogP contribution in [0.25, 0.3) is 0 Å². The van der Waals surface area contributed by atoms with Crippen LogP contribution in [0.3, 0.4) is 0 Å². The van der Waals surface area contributed by atoms with Gasteiger partial charge in [-0.05, 0) is 44.0 Å². The van der Waals surface area contributed by atoms with E-state index in [0.29, 0.717) is 30.3 Å². The highest BCUT2D eigenvalue weighted by Gasteiger charge is 2.18. The van der Waals surface area contributed by atoms with Crippen molar-refractivity contribution in [1.82, 2.24) is 4.72 Å². The smallest absolute Gasteiger partial charge is 0.242 e. The molecule has 7 heteroatoms. The molecule has 0 amide bonds. The summed E-state index contributed by atoms with van der Waals surface area (Å²) in [6, 6.07) is 4.77. The van der Waals surface area contributed by atoms with E-state index in [4.69, 9.17) is 10.8 Å². The number of nitrogen functional groups attached to an aromatic ring is 1. The summed E-state index contributed by atoms with van der Waals surface area (Å²) < 4.78 is 26.3. The van der Waals surface area contributed by atoms with Gasteiger partial charge < -0.3 is 16.2 Å². The van der Waals surface area contributed by atoms with E-state index in [1.165, 1.54) is 13.1 Å². The van der Waals surface area contributed by atoms with Crippen LogP contribution in [0, 0.1) is 5.92 Å². The van der Waals surface area contributed by atoms with Crippen molar-refractivity contribution in [3.8, 4) is 0 Å². The molecule has 0 aliphatic carbocycles. The van der Waals surface area contributed by atoms with Gasteiger partial charge in [-0.15, -0.1) is 0 Å². The second-order valence-electron chi connectivity index (χ2n) is 5.01. The Kier molecular flexibility index (Phi) is 6.94. The van der Waals surface area contributed by atoms with E-state index in [9.17, 15) is 8.42 Å². The highest BCUT2D eigenvalue weighted by atomic mass is 32.2. The lowest BCUT2D eigenvalue weighted by Crippen LogP contribution is -2.22. The molecule has 0 bridgehead atoms. The summed E-state index contributed by atoms with van der Waals surface area (Å²) >= 11 is 0. The van der Waals surface area contributed by atoms with Crippen LogP contribution in [0.15, 0.2) is 23.1 Å². The number of benzene rings is 1. The number of hydrogen-bond donors (Lipinski definition) is 4. The van der Waals surface area contributed by atoms with Crippen molar-refractivity contribution in [2.45, 2.75) is 31.1 Å². The fourth-order valence-corrected chi connectivity index (χ4v) is 3.15. The molecule has 0 aromatic heterocycles. The molecule has 0 saturated carbocycles. The summed E-state index contributed by atoms with van der Waals surface area (Å²) in [5.41, 5.74) is 6.60. The molecule has 0 radical (unpaired) electrons. The van der Waals surface area contributed by atoms with Gasteiger partial charge in [0.15, 0.2) is 0 Å². The monoisotopic (exact) mass is 315 g/mol. The summed E-state index contributed by atoms with van der Waals surface area (Å²) in [5, 5.41) is 12.2. The molecule has 0 heterocycles. The van der Waals surface area contributed by atoms with Crippen molar-refractivity contribution in [3.05, 3.63) is 18.2 Å². The Morgan fingerprint density at radius 2 is 2.05 bits per heavy atom. The molecule has 1 rings (SSSR count). The van der Waals surface area contributed by atoms with E-state index in [1.54, 1.807) is 12.1 Å². The van der Waals surface area contributed by atoms with Crippen LogP contribution in [0.4, 0.5) is 11.4 Å². The average Bonchev–Trinajstić information content (AvgIpc) is 2.46. The van der Waals surface area contributed by atoms with Gasteiger partial charge in [0, 0.05) is 18.8 Å². The van der Waals surface area contributed by atoms with Crippen molar-refractivity contribution in [2.24, 2.45) is 5.92 Å². The molecule has 0 aliphatic heterocycles. The van der Waals surface area contributed by atoms with E-state index in [1.807, 2.05) is 0 Å². The van der Waals surface area contributed by atoms with E-state index in [2.05, 4.69) is 17.0 Å². The number of rotatable bonds is 9. The first-order valence-corrected chi connectivity index (χ1v) is 8.60. The molecule has 0 fully saturated rings. The Labute approximate surface area is 126 Å². The molecule has 1 unspecified atom stereocenters. The second-order valence-corrected chi connectivity index (χ2v) is 6.87. The number of nitrogens with one attached hydrogen (secondary N) is 2. The second kappa shape index (κ2) is 8.21. The normalized spacial score (nSPS) is 13.1. The number of aliphatic hydroxyl groups is 1. The molecule has 21 heavy (non-hydrogen) atoms. The molecule has 1 atom stereocenters. The number of sulfonamides is 1. The van der Waals surface area contributed by atoms with Crippen LogP contribution in [-0.2, 0) is 10.0 Å². The third-order valence-electron chi connectivity index (χ3n) is 3.38. The van der Waals surface area contributed by atoms with Crippen LogP contribution in [0.2, 0.25) is 0 Å². The molecule has 0 spiro atoms. The van der Waals surface area contributed by atoms with E-state index in [0.717, 1.165) is 12.8 Å². The minimum absolute atomic E-state index is 0.135. The van der Waals surface area contributed by atoms with Gasteiger partial charge in [0.25, 0.3) is 0 Å². The molecular weight excluding hydrogens is 290 g/mol. The Morgan fingerprint density at radius 3 is 2.62 bits per heavy atom. The van der Waals surface area contributed by atoms with Gasteiger partial charge >= 0.3 is 0 Å². The van der Waals surface area contributed by atoms with Gasteiger partial charge in [-0.1, -0.05) is 13.3 Å². The number of nitrogens with two attached hydrogens (primary N) is 1. The maximum Gasteiger partial charge on any atom is 0.242 e. The fourth-order valence-electron chi connectivity index (χ4n) is 2.21. The van der Waals surface area contributed by atoms with Crippen LogP contribution >= 0.6 is 0 Å². The van der Waals surface area contributed by atoms with Gasteiger partial charge in [-0.25, -0.2) is 13.1 Å². The maximum absolute atomic E-state index is 12.0. The molecule has 5 N–H and O–H groups in total. The molecule has 120 valence electrons. The Morgan fingerprint density at radius 1 is 1.33 bits per heavy atom. The highest BCUT2D eigenvalue weighted by Crippen LogP contribution is 2.24. The Bertz CT molecular complexity index is 540. The van der Waals surface area contributed by atoms with E-state index in [-0.39, 0.29) is 11.5 Å². The lowest BCUT2D eigenvalue weighted by atomic mass is 10.0. The minimum Gasteiger partial charge on any atom is -0.399 e. The topological polar surface area (TPSA) is 104 Å². The summed E-state index contributed by atoms with van der Waals surface area (Å²) in [6.07, 6.45) is 2.70. The summed E-state index contributed by atoms with van der Waals surface area (Å²) in [7, 11) is -2.20. The predicted molar refractivity (Wildman–Crippen MR) is 85.7 cm³/mol. The largest absolute Gasteiger partial charge is 0.399 e. The lowest BCUT2D eigenvalue weighted by Gasteiger charge is -2.18. The van der Waals surface area contributed by atoms with Crippen molar-refractivity contribution < 1.29 is 13.5 Å². The van der Waals surface area contributed by atoms with Gasteiger partial charge in [-0.2, -0.15) is 0 Å². The molecule has 6 nitrogen and oxygen atoms in total. The van der Waals surface area contributed by atoms with Crippen molar-refractivity contribution in [2.75, 3.05) is 31.2 Å². The van der Waals surface area contributed by atoms with Crippen molar-refractivity contribution in [1.29, 1.82) is 0 Å². The zero-order valence-electron chi connectivity index (χ0n) is 12.6. The Hall–Kier alpha value is -1.31. The predicted octanol–water partition coefficient (Wildman–Crippen LogP) is 1.39. The average molecular weight is 315 g/mol. The van der Waals surface area contributed by atoms with Gasteiger partial charge in [0.05, 0.1) is 5.69 Å². The van der Waals surface area contributed by atoms with Gasteiger partial charge in [0.2, 0.25) is 10.0 Å². The summed E-state index contributed by atoms with van der Waals surface area (Å²) in [6.45, 7) is 2.84. The van der Waals surface area contributed by atoms with Crippen molar-refractivity contribution in [3.63, 3.8) is 0 Å². The van der Waals surface area contributed by atoms with Crippen molar-refractivity contribution >= 4 is 21.4 Å². The third-order valence-corrected chi connectivity index (χ3v) is 4.83. The highest BCUT2D eigenvalue weighted by molar-refractivity contribution is 7.89. The minimum atomic E-state index is -3.57. The number of anilines is 2. The summed E-state index contributed by atoms with van der Waals surface area (Å²) in [5.74, 6) is 0.308. The maximum atomic E-state index is 12.0. The molecule has 1 aromatic rings. The molecular formula is C14H25N3O3S. The van der Waals surface area contributed by atoms with Gasteiger partial charge in [-0.3, -0.25) is 0 Å². The fraction of sp³-hybridized carbons (Fsp3) is 0.571. The quantitative estimate of drug-likeness (QED) is 0.515. The SMILES string of the molecule is CCCC(CCO)CNc1ccc(N)cc1S(=O)(=O)NC. The van der Waals surface area contributed by atoms with Crippen LogP contribution < -0.4 is 15.8 Å². The van der Waals surface area contributed by atoms with E-state index >= 15 is 0 Å². The first kappa shape index (κ1) is 17.7. The number of aliphatic hydroxyl groups excluding tert-OH is 1. The standard InChI is InChI=1S/C14H25N3O3S/c1-3-4-11(7-8-18)10-17-13-6-5-12(15)9-14(13)21(19,20)16-2/h5-6,9,11,16-18H,3-4,7-8,10,15H2,1-2H3. The molecule has 0 aliphatic rings. The lowest BCUT2D eigenvalue weighted by molar-refractivity contribution is 0.255. The molecule has 0 saturated heterocycles. The Balaban J connectivity index is 2.93. The first-order chi connectivity index (χ1) is 9.94. The number of hydrogen-bond acceptors (Lipinski definition) is 5. The third kappa shape index (κ3) is 5.18. The summed E-state index contributed by atoms with van der Waals surface area (Å²) in [4.78, 5) is 0.143. The zero-order chi connectivity index (χ0) is 15.9. The van der Waals surface area contributed by atoms with Gasteiger partial charge in [0.1, 0.15) is 4.90 Å². The molecule has 1 aromatic carbocycles. The zero-order valence-corrected chi connectivity index (χ0v) is 13.4. The van der Waals surface area contributed by atoms with Crippen LogP contribution in [0.5, 0.6) is 0 Å². The van der Waals surface area contributed by atoms with Crippen LogP contribution in [0.1, 0.15) is 26.2 Å². The van der Waals surface area contributed by atoms with E-state index < -0.39 is 10.0 Å².